The Kier molecular flexibility index (Phi) is 3.49. The number of rotatable bonds is 4. The number of carbonyl (C=O) groups is 1. The highest BCUT2D eigenvalue weighted by Gasteiger charge is 2.09. The van der Waals surface area contributed by atoms with Crippen LogP contribution in [0, 0.1) is 6.92 Å². The van der Waals surface area contributed by atoms with Crippen molar-refractivity contribution < 1.29 is 4.79 Å². The van der Waals surface area contributed by atoms with Gasteiger partial charge in [0.2, 0.25) is 5.91 Å². The van der Waals surface area contributed by atoms with Gasteiger partial charge in [0.05, 0.1) is 17.9 Å². The van der Waals surface area contributed by atoms with Crippen LogP contribution in [0.1, 0.15) is 12.6 Å². The molecule has 5 heteroatoms. The van der Waals surface area contributed by atoms with Crippen molar-refractivity contribution in [1.82, 2.24) is 4.98 Å². The van der Waals surface area contributed by atoms with Crippen molar-refractivity contribution in [3.8, 4) is 0 Å². The highest BCUT2D eigenvalue weighted by molar-refractivity contribution is 5.79. The molecule has 0 radical (unpaired) electrons. The van der Waals surface area contributed by atoms with Crippen LogP contribution in [0.15, 0.2) is 12.1 Å². The van der Waals surface area contributed by atoms with Crippen molar-refractivity contribution in [3.63, 3.8) is 0 Å². The lowest BCUT2D eigenvalue weighted by Crippen LogP contribution is -2.34. The molecule has 5 nitrogen and oxygen atoms in total. The molecule has 15 heavy (non-hydrogen) atoms. The molecule has 82 valence electrons. The van der Waals surface area contributed by atoms with Gasteiger partial charge >= 0.3 is 0 Å². The second-order valence-corrected chi connectivity index (χ2v) is 3.32. The number of aromatic nitrogens is 1. The van der Waals surface area contributed by atoms with E-state index in [-0.39, 0.29) is 12.5 Å². The molecule has 0 spiro atoms. The molecule has 1 heterocycles. The third kappa shape index (κ3) is 2.83. The SMILES string of the molecule is CCN(CC(N)=O)c1ccc(N)c(C)n1. The number of nitrogens with zero attached hydrogens (tertiary/aromatic N) is 2. The Hall–Kier alpha value is -1.78. The Morgan fingerprint density at radius 2 is 2.20 bits per heavy atom. The molecule has 0 saturated heterocycles. The van der Waals surface area contributed by atoms with Gasteiger partial charge in [-0.25, -0.2) is 4.98 Å². The van der Waals surface area contributed by atoms with Gasteiger partial charge in [-0.1, -0.05) is 0 Å². The average Bonchev–Trinajstić information content (AvgIpc) is 2.18. The highest BCUT2D eigenvalue weighted by Crippen LogP contribution is 2.15. The Bertz CT molecular complexity index is 364. The van der Waals surface area contributed by atoms with Gasteiger partial charge in [0.1, 0.15) is 5.82 Å². The summed E-state index contributed by atoms with van der Waals surface area (Å²) in [4.78, 5) is 16.9. The maximum absolute atomic E-state index is 10.8. The number of pyridine rings is 1. The van der Waals surface area contributed by atoms with E-state index in [1.54, 1.807) is 17.0 Å². The second-order valence-electron chi connectivity index (χ2n) is 3.32. The van der Waals surface area contributed by atoms with E-state index >= 15 is 0 Å². The standard InChI is InChI=1S/C10H16N4O/c1-3-14(6-9(12)15)10-5-4-8(11)7(2)13-10/h4-5H,3,6,11H2,1-2H3,(H2,12,15). The van der Waals surface area contributed by atoms with Gasteiger partial charge in [0.25, 0.3) is 0 Å². The molecule has 0 aliphatic carbocycles. The molecule has 0 saturated carbocycles. The number of likely N-dealkylation sites (N-methyl/N-ethyl adjacent to an activating group) is 1. The predicted octanol–water partition coefficient (Wildman–Crippen LogP) is 0.284. The Balaban J connectivity index is 2.92. The fourth-order valence-corrected chi connectivity index (χ4v) is 1.28. The molecular formula is C10H16N4O. The van der Waals surface area contributed by atoms with Gasteiger partial charge in [-0.05, 0) is 26.0 Å². The molecule has 0 unspecified atom stereocenters. The number of aryl methyl sites for hydroxylation is 1. The summed E-state index contributed by atoms with van der Waals surface area (Å²) in [5.41, 5.74) is 12.2. The third-order valence-electron chi connectivity index (χ3n) is 2.16. The minimum absolute atomic E-state index is 0.173. The summed E-state index contributed by atoms with van der Waals surface area (Å²) in [6.07, 6.45) is 0. The number of nitrogens with two attached hydrogens (primary N) is 2. The van der Waals surface area contributed by atoms with E-state index in [1.165, 1.54) is 0 Å². The molecule has 0 aromatic carbocycles. The number of nitrogen functional groups attached to an aromatic ring is 1. The first-order valence-corrected chi connectivity index (χ1v) is 4.81. The van der Waals surface area contributed by atoms with Crippen LogP contribution in [0.4, 0.5) is 11.5 Å². The lowest BCUT2D eigenvalue weighted by Gasteiger charge is -2.20. The second kappa shape index (κ2) is 4.63. The van der Waals surface area contributed by atoms with Crippen molar-refractivity contribution in [2.75, 3.05) is 23.7 Å². The zero-order chi connectivity index (χ0) is 11.4. The van der Waals surface area contributed by atoms with E-state index < -0.39 is 0 Å². The Labute approximate surface area is 89.1 Å². The van der Waals surface area contributed by atoms with E-state index in [1.807, 2.05) is 13.8 Å². The number of hydrogen-bond donors (Lipinski definition) is 2. The van der Waals surface area contributed by atoms with Crippen LogP contribution >= 0.6 is 0 Å². The molecule has 4 N–H and O–H groups in total. The van der Waals surface area contributed by atoms with Crippen LogP contribution in [0.2, 0.25) is 0 Å². The maximum atomic E-state index is 10.8. The molecule has 1 amide bonds. The number of amides is 1. The summed E-state index contributed by atoms with van der Waals surface area (Å²) in [6.45, 7) is 4.62. The number of anilines is 2. The first-order chi connectivity index (χ1) is 7.04. The van der Waals surface area contributed by atoms with Gasteiger partial charge in [-0.2, -0.15) is 0 Å². The number of hydrogen-bond acceptors (Lipinski definition) is 4. The van der Waals surface area contributed by atoms with Crippen LogP contribution in [0.5, 0.6) is 0 Å². The largest absolute Gasteiger partial charge is 0.397 e. The maximum Gasteiger partial charge on any atom is 0.236 e. The average molecular weight is 208 g/mol. The minimum atomic E-state index is -0.367. The van der Waals surface area contributed by atoms with Gasteiger partial charge in [-0.3, -0.25) is 4.79 Å². The van der Waals surface area contributed by atoms with Crippen molar-refractivity contribution in [2.24, 2.45) is 5.73 Å². The highest BCUT2D eigenvalue weighted by atomic mass is 16.1. The molecular weight excluding hydrogens is 192 g/mol. The van der Waals surface area contributed by atoms with Gasteiger partial charge in [0.15, 0.2) is 0 Å². The summed E-state index contributed by atoms with van der Waals surface area (Å²) in [6, 6.07) is 3.57. The third-order valence-corrected chi connectivity index (χ3v) is 2.16. The molecule has 0 aliphatic rings. The quantitative estimate of drug-likeness (QED) is 0.744. The van der Waals surface area contributed by atoms with E-state index in [0.29, 0.717) is 12.2 Å². The van der Waals surface area contributed by atoms with Crippen molar-refractivity contribution in [3.05, 3.63) is 17.8 Å². The normalized spacial score (nSPS) is 10.0. The predicted molar refractivity (Wildman–Crippen MR) is 60.5 cm³/mol. The lowest BCUT2D eigenvalue weighted by molar-refractivity contribution is -0.116. The molecule has 1 rings (SSSR count). The summed E-state index contributed by atoms with van der Waals surface area (Å²) in [7, 11) is 0. The van der Waals surface area contributed by atoms with Crippen LogP contribution in [-0.4, -0.2) is 24.0 Å². The summed E-state index contributed by atoms with van der Waals surface area (Å²) < 4.78 is 0. The molecule has 0 aliphatic heterocycles. The van der Waals surface area contributed by atoms with Gasteiger partial charge in [0, 0.05) is 6.54 Å². The molecule has 0 atom stereocenters. The van der Waals surface area contributed by atoms with Crippen LogP contribution in [0.25, 0.3) is 0 Å². The molecule has 0 fully saturated rings. The topological polar surface area (TPSA) is 85.2 Å². The molecule has 1 aromatic heterocycles. The smallest absolute Gasteiger partial charge is 0.236 e. The Morgan fingerprint density at radius 3 is 2.67 bits per heavy atom. The monoisotopic (exact) mass is 208 g/mol. The fraction of sp³-hybridized carbons (Fsp3) is 0.400. The zero-order valence-corrected chi connectivity index (χ0v) is 9.03. The van der Waals surface area contributed by atoms with E-state index in [2.05, 4.69) is 4.98 Å². The minimum Gasteiger partial charge on any atom is -0.397 e. The van der Waals surface area contributed by atoms with Crippen LogP contribution in [-0.2, 0) is 4.79 Å². The first kappa shape index (κ1) is 11.3. The summed E-state index contributed by atoms with van der Waals surface area (Å²) >= 11 is 0. The first-order valence-electron chi connectivity index (χ1n) is 4.81. The lowest BCUT2D eigenvalue weighted by atomic mass is 10.3. The molecule has 1 aromatic rings. The Morgan fingerprint density at radius 1 is 1.53 bits per heavy atom. The van der Waals surface area contributed by atoms with E-state index in [9.17, 15) is 4.79 Å². The van der Waals surface area contributed by atoms with Crippen LogP contribution in [0.3, 0.4) is 0 Å². The van der Waals surface area contributed by atoms with E-state index in [0.717, 1.165) is 11.5 Å². The molecule has 0 bridgehead atoms. The zero-order valence-electron chi connectivity index (χ0n) is 9.03. The number of primary amides is 1. The fourth-order valence-electron chi connectivity index (χ4n) is 1.28. The van der Waals surface area contributed by atoms with Crippen molar-refractivity contribution >= 4 is 17.4 Å². The van der Waals surface area contributed by atoms with Crippen LogP contribution < -0.4 is 16.4 Å². The summed E-state index contributed by atoms with van der Waals surface area (Å²) in [5, 5.41) is 0. The number of carbonyl (C=O) groups excluding carboxylic acids is 1. The van der Waals surface area contributed by atoms with Crippen molar-refractivity contribution in [2.45, 2.75) is 13.8 Å². The van der Waals surface area contributed by atoms with Gasteiger partial charge < -0.3 is 16.4 Å². The van der Waals surface area contributed by atoms with Crippen molar-refractivity contribution in [1.29, 1.82) is 0 Å². The van der Waals surface area contributed by atoms with Gasteiger partial charge in [-0.15, -0.1) is 0 Å². The summed E-state index contributed by atoms with van der Waals surface area (Å²) in [5.74, 6) is 0.358. The van der Waals surface area contributed by atoms with E-state index in [4.69, 9.17) is 11.5 Å².